The van der Waals surface area contributed by atoms with E-state index in [1.165, 1.54) is 29.5 Å². The molecule has 46 heavy (non-hydrogen) atoms. The van der Waals surface area contributed by atoms with Gasteiger partial charge in [-0.25, -0.2) is 27.2 Å². The lowest BCUT2D eigenvalue weighted by Crippen LogP contribution is -2.53. The van der Waals surface area contributed by atoms with E-state index in [1.807, 2.05) is 11.8 Å². The number of nitrogens with zero attached hydrogens (tertiary/aromatic N) is 5. The van der Waals surface area contributed by atoms with E-state index in [9.17, 15) is 31.8 Å². The number of amidine groups is 1. The number of halogens is 4. The summed E-state index contributed by atoms with van der Waals surface area (Å²) in [5.74, 6) is -0.684. The Morgan fingerprint density at radius 2 is 2.04 bits per heavy atom. The van der Waals surface area contributed by atoms with Gasteiger partial charge in [0.1, 0.15) is 11.9 Å². The van der Waals surface area contributed by atoms with Gasteiger partial charge in [0.15, 0.2) is 10.8 Å². The monoisotopic (exact) mass is 696 g/mol. The highest BCUT2D eigenvalue weighted by molar-refractivity contribution is 7.90. The van der Waals surface area contributed by atoms with E-state index in [4.69, 9.17) is 16.6 Å². The molecule has 3 aromatic rings. The Morgan fingerprint density at radius 3 is 2.70 bits per heavy atom. The van der Waals surface area contributed by atoms with Gasteiger partial charge >= 0.3 is 6.55 Å². The van der Waals surface area contributed by atoms with E-state index in [1.54, 1.807) is 11.6 Å². The molecule has 4 heterocycles. The normalized spacial score (nSPS) is 31.1. The average Bonchev–Trinajstić information content (AvgIpc) is 3.79. The van der Waals surface area contributed by atoms with Crippen LogP contribution in [0.5, 0.6) is 0 Å². The summed E-state index contributed by atoms with van der Waals surface area (Å²) in [4.78, 5) is 11.3. The van der Waals surface area contributed by atoms with Crippen molar-refractivity contribution in [3.8, 4) is 0 Å². The molecule has 0 amide bonds. The second-order valence-corrected chi connectivity index (χ2v) is 15.9. The summed E-state index contributed by atoms with van der Waals surface area (Å²) in [6.07, 6.45) is 4.08. The van der Waals surface area contributed by atoms with Gasteiger partial charge < -0.3 is 15.1 Å². The van der Waals surface area contributed by atoms with Gasteiger partial charge in [0.05, 0.1) is 23.2 Å². The van der Waals surface area contributed by atoms with Crippen LogP contribution in [0.3, 0.4) is 0 Å². The van der Waals surface area contributed by atoms with Crippen molar-refractivity contribution in [3.05, 3.63) is 74.8 Å². The first-order valence-electron chi connectivity index (χ1n) is 15.0. The van der Waals surface area contributed by atoms with Crippen LogP contribution in [0.1, 0.15) is 61.5 Å². The summed E-state index contributed by atoms with van der Waals surface area (Å²) in [6, 6.07) is 3.85. The third kappa shape index (κ3) is 5.28. The van der Waals surface area contributed by atoms with Gasteiger partial charge in [-0.3, -0.25) is 4.99 Å². The summed E-state index contributed by atoms with van der Waals surface area (Å²) in [6.45, 7) is -1.12. The molecule has 1 saturated heterocycles. The van der Waals surface area contributed by atoms with Gasteiger partial charge in [0, 0.05) is 58.6 Å². The highest BCUT2D eigenvalue weighted by Gasteiger charge is 2.58. The minimum atomic E-state index is -3.88. The SMILES string of the molecule is C[C@H]1CC2C[C@@H](S(=O)(=O)N[C@H]3CC4=C(c5ccn(C(F)F)n5)[C@H](c5ccc(F)cc5Cl)N=C(c5nccs5)N4C3)C[C@H]1[C@]2(O)CO. The number of fused-ring (bicyclic) bond motifs is 3. The number of hydrogen-bond acceptors (Lipinski definition) is 9. The fourth-order valence-corrected chi connectivity index (χ4v) is 10.6. The van der Waals surface area contributed by atoms with Crippen molar-refractivity contribution in [3.63, 3.8) is 0 Å². The molecule has 3 fully saturated rings. The van der Waals surface area contributed by atoms with E-state index >= 15 is 0 Å². The first-order chi connectivity index (χ1) is 21.9. The Labute approximate surface area is 272 Å². The maximum Gasteiger partial charge on any atom is 0.333 e. The van der Waals surface area contributed by atoms with Crippen LogP contribution in [0, 0.1) is 23.6 Å². The number of benzene rings is 1. The van der Waals surface area contributed by atoms with Crippen LogP contribution in [-0.4, -0.2) is 74.2 Å². The van der Waals surface area contributed by atoms with Gasteiger partial charge in [-0.2, -0.15) is 13.9 Å². The van der Waals surface area contributed by atoms with E-state index in [0.717, 1.165) is 12.3 Å². The fraction of sp³-hybridized carbons (Fsp3) is 0.500. The predicted molar refractivity (Wildman–Crippen MR) is 166 cm³/mol. The minimum absolute atomic E-state index is 0.0795. The van der Waals surface area contributed by atoms with Gasteiger partial charge in [-0.15, -0.1) is 11.3 Å². The van der Waals surface area contributed by atoms with Crippen molar-refractivity contribution in [1.82, 2.24) is 24.4 Å². The first-order valence-corrected chi connectivity index (χ1v) is 17.8. The lowest BCUT2D eigenvalue weighted by atomic mass is 9.74. The molecule has 7 rings (SSSR count). The molecule has 2 saturated carbocycles. The molecule has 4 aliphatic rings. The molecule has 0 spiro atoms. The van der Waals surface area contributed by atoms with Crippen LogP contribution in [0.4, 0.5) is 13.2 Å². The van der Waals surface area contributed by atoms with Gasteiger partial charge in [-0.05, 0) is 55.2 Å². The second kappa shape index (κ2) is 11.7. The lowest BCUT2D eigenvalue weighted by Gasteiger charge is -2.42. The molecule has 0 radical (unpaired) electrons. The third-order valence-corrected chi connectivity index (χ3v) is 13.0. The zero-order valence-electron chi connectivity index (χ0n) is 24.6. The number of alkyl halides is 2. The number of nitrogens with one attached hydrogen (secondary N) is 1. The zero-order valence-corrected chi connectivity index (χ0v) is 27.0. The molecular weight excluding hydrogens is 665 g/mol. The first kappa shape index (κ1) is 31.8. The molecular formula is C30H32ClF3N6O4S2. The van der Waals surface area contributed by atoms with Crippen molar-refractivity contribution >= 4 is 44.4 Å². The molecule has 3 N–H and O–H groups in total. The molecule has 7 atom stereocenters. The minimum Gasteiger partial charge on any atom is -0.393 e. The van der Waals surface area contributed by atoms with E-state index in [0.29, 0.717) is 38.8 Å². The predicted octanol–water partition coefficient (Wildman–Crippen LogP) is 4.59. The Morgan fingerprint density at radius 1 is 1.24 bits per heavy atom. The molecule has 10 nitrogen and oxygen atoms in total. The second-order valence-electron chi connectivity index (χ2n) is 12.6. The number of hydrogen-bond donors (Lipinski definition) is 3. The van der Waals surface area contributed by atoms with Crippen LogP contribution in [-0.2, 0) is 10.0 Å². The van der Waals surface area contributed by atoms with Crippen molar-refractivity contribution < 1.29 is 31.8 Å². The number of aliphatic hydroxyl groups excluding tert-OH is 1. The van der Waals surface area contributed by atoms with Crippen molar-refractivity contribution in [2.45, 2.75) is 62.1 Å². The summed E-state index contributed by atoms with van der Waals surface area (Å²) in [7, 11) is -3.88. The number of rotatable bonds is 8. The smallest absolute Gasteiger partial charge is 0.333 e. The largest absolute Gasteiger partial charge is 0.393 e. The van der Waals surface area contributed by atoms with E-state index in [2.05, 4.69) is 14.8 Å². The van der Waals surface area contributed by atoms with Crippen LogP contribution < -0.4 is 4.72 Å². The van der Waals surface area contributed by atoms with Crippen molar-refractivity contribution in [1.29, 1.82) is 0 Å². The molecule has 1 aromatic carbocycles. The number of aromatic nitrogens is 3. The molecule has 2 aliphatic heterocycles. The standard InChI is InChI=1S/C30H32ClF3N6O4S2/c1-15-8-16-9-19(12-21(15)30(16,42)14-41)46(43,44)38-18-11-24-25(23-4-6-40(37-23)29(33)34)26(20-3-2-17(32)10-22(20)31)36-27(39(24)13-18)28-35-5-7-45-28/h2-7,10,15-16,18-19,21,26,29,38,41-42H,8-9,11-14H2,1H3/t15-,16?,18-,19+,21+,26-,30-/m0/s1. The molecule has 2 bridgehead atoms. The maximum atomic E-state index is 14.1. The highest BCUT2D eigenvalue weighted by Crippen LogP contribution is 2.54. The van der Waals surface area contributed by atoms with Crippen molar-refractivity contribution in [2.75, 3.05) is 13.2 Å². The van der Waals surface area contributed by atoms with E-state index < -0.39 is 51.9 Å². The Hall–Kier alpha value is -2.82. The Balaban J connectivity index is 1.27. The molecule has 2 aliphatic carbocycles. The molecule has 1 unspecified atom stereocenters. The summed E-state index contributed by atoms with van der Waals surface area (Å²) >= 11 is 7.86. The number of aliphatic hydroxyl groups is 2. The summed E-state index contributed by atoms with van der Waals surface area (Å²) < 4.78 is 72.6. The van der Waals surface area contributed by atoms with Crippen LogP contribution in [0.15, 0.2) is 52.7 Å². The fourth-order valence-electron chi connectivity index (χ4n) is 7.91. The quantitative estimate of drug-likeness (QED) is 0.314. The summed E-state index contributed by atoms with van der Waals surface area (Å²) in [5, 5.41) is 26.9. The van der Waals surface area contributed by atoms with Crippen LogP contribution in [0.2, 0.25) is 5.02 Å². The molecule has 16 heteroatoms. The number of sulfonamides is 1. The third-order valence-electron chi connectivity index (χ3n) is 10.0. The number of aliphatic imine (C=N–C) groups is 1. The Kier molecular flexibility index (Phi) is 8.08. The van der Waals surface area contributed by atoms with Gasteiger partial charge in [-0.1, -0.05) is 24.6 Å². The summed E-state index contributed by atoms with van der Waals surface area (Å²) in [5.41, 5.74) is 0.420. The molecule has 2 aromatic heterocycles. The number of thiazole rings is 1. The Bertz CT molecular complexity index is 1820. The topological polar surface area (TPSA) is 133 Å². The van der Waals surface area contributed by atoms with Crippen LogP contribution >= 0.6 is 22.9 Å². The van der Waals surface area contributed by atoms with Crippen LogP contribution in [0.25, 0.3) is 5.57 Å². The van der Waals surface area contributed by atoms with Gasteiger partial charge in [0.2, 0.25) is 10.0 Å². The average molecular weight is 697 g/mol. The van der Waals surface area contributed by atoms with Gasteiger partial charge in [0.25, 0.3) is 0 Å². The van der Waals surface area contributed by atoms with E-state index in [-0.39, 0.29) is 54.3 Å². The highest BCUT2D eigenvalue weighted by atomic mass is 35.5. The lowest BCUT2D eigenvalue weighted by molar-refractivity contribution is -0.0986. The zero-order chi connectivity index (χ0) is 32.5. The maximum absolute atomic E-state index is 14.1. The molecule has 246 valence electrons. The van der Waals surface area contributed by atoms with Crippen molar-refractivity contribution in [2.24, 2.45) is 22.7 Å².